The number of esters is 1. The van der Waals surface area contributed by atoms with E-state index in [1.165, 1.54) is 25.1 Å². The second-order valence-corrected chi connectivity index (χ2v) is 5.53. The third kappa shape index (κ3) is 4.87. The van der Waals surface area contributed by atoms with Crippen LogP contribution in [0.2, 0.25) is 0 Å². The van der Waals surface area contributed by atoms with Crippen LogP contribution in [-0.2, 0) is 9.53 Å². The highest BCUT2D eigenvalue weighted by Gasteiger charge is 2.16. The molecule has 1 atom stereocenters. The number of amides is 1. The molecule has 0 aliphatic heterocycles. The summed E-state index contributed by atoms with van der Waals surface area (Å²) in [5, 5.41) is 13.5. The Hall–Kier alpha value is -3.22. The molecule has 0 unspecified atom stereocenters. The van der Waals surface area contributed by atoms with Crippen molar-refractivity contribution in [1.82, 2.24) is 5.32 Å². The van der Waals surface area contributed by atoms with Crippen LogP contribution in [0.3, 0.4) is 0 Å². The van der Waals surface area contributed by atoms with E-state index in [2.05, 4.69) is 5.32 Å². The topological polar surface area (TPSA) is 98.5 Å². The number of hydrogen-bond donors (Lipinski definition) is 1. The summed E-state index contributed by atoms with van der Waals surface area (Å²) in [4.78, 5) is 34.1. The zero-order chi connectivity index (χ0) is 18.4. The van der Waals surface area contributed by atoms with Gasteiger partial charge in [-0.05, 0) is 31.5 Å². The minimum absolute atomic E-state index is 0.0778. The number of benzene rings is 2. The third-order valence-electron chi connectivity index (χ3n) is 3.64. The van der Waals surface area contributed by atoms with Gasteiger partial charge in [0, 0.05) is 11.6 Å². The number of nitrogens with one attached hydrogen (secondary N) is 1. The molecule has 130 valence electrons. The number of hydrogen-bond acceptors (Lipinski definition) is 5. The molecule has 7 heteroatoms. The van der Waals surface area contributed by atoms with Crippen molar-refractivity contribution in [3.63, 3.8) is 0 Å². The number of ether oxygens (including phenoxy) is 1. The molecule has 0 saturated heterocycles. The largest absolute Gasteiger partial charge is 0.452 e. The van der Waals surface area contributed by atoms with Crippen LogP contribution >= 0.6 is 0 Å². The number of carbonyl (C=O) groups excluding carboxylic acids is 2. The lowest BCUT2D eigenvalue weighted by atomic mass is 10.1. The molecule has 0 heterocycles. The predicted molar refractivity (Wildman–Crippen MR) is 91.1 cm³/mol. The summed E-state index contributed by atoms with van der Waals surface area (Å²) in [7, 11) is 0. The Balaban J connectivity index is 1.90. The van der Waals surface area contributed by atoms with Crippen LogP contribution < -0.4 is 5.32 Å². The average molecular weight is 342 g/mol. The first-order valence-electron chi connectivity index (χ1n) is 7.65. The molecule has 0 radical (unpaired) electrons. The normalized spacial score (nSPS) is 11.4. The van der Waals surface area contributed by atoms with Crippen molar-refractivity contribution >= 4 is 17.6 Å². The van der Waals surface area contributed by atoms with Crippen molar-refractivity contribution in [1.29, 1.82) is 0 Å². The van der Waals surface area contributed by atoms with Gasteiger partial charge < -0.3 is 10.1 Å². The fourth-order valence-electron chi connectivity index (χ4n) is 2.31. The van der Waals surface area contributed by atoms with Crippen LogP contribution in [0.25, 0.3) is 0 Å². The highest BCUT2D eigenvalue weighted by Crippen LogP contribution is 2.19. The molecule has 0 aromatic heterocycles. The lowest BCUT2D eigenvalue weighted by Crippen LogP contribution is -2.31. The quantitative estimate of drug-likeness (QED) is 0.494. The lowest BCUT2D eigenvalue weighted by molar-refractivity contribution is -0.385. The zero-order valence-corrected chi connectivity index (χ0v) is 13.9. The molecule has 0 spiro atoms. The van der Waals surface area contributed by atoms with E-state index in [9.17, 15) is 19.7 Å². The number of nitrogens with zero attached hydrogens (tertiary/aromatic N) is 1. The van der Waals surface area contributed by atoms with E-state index in [-0.39, 0.29) is 17.3 Å². The van der Waals surface area contributed by atoms with Crippen molar-refractivity contribution in [3.8, 4) is 0 Å². The molecule has 2 aromatic rings. The summed E-state index contributed by atoms with van der Waals surface area (Å²) in [5.74, 6) is -1.14. The first-order valence-corrected chi connectivity index (χ1v) is 7.65. The number of aryl methyl sites for hydroxylation is 1. The highest BCUT2D eigenvalue weighted by atomic mass is 16.6. The number of carbonyl (C=O) groups is 2. The van der Waals surface area contributed by atoms with Crippen molar-refractivity contribution < 1.29 is 19.2 Å². The molecule has 2 aromatic carbocycles. The first-order chi connectivity index (χ1) is 11.9. The molecule has 25 heavy (non-hydrogen) atoms. The Kier molecular flexibility index (Phi) is 5.84. The first kappa shape index (κ1) is 18.1. The van der Waals surface area contributed by atoms with Gasteiger partial charge >= 0.3 is 5.97 Å². The van der Waals surface area contributed by atoms with Crippen LogP contribution in [0.1, 0.15) is 34.5 Å². The molecule has 0 aliphatic carbocycles. The van der Waals surface area contributed by atoms with Gasteiger partial charge in [0.15, 0.2) is 6.61 Å². The maximum Gasteiger partial charge on any atom is 0.338 e. The minimum Gasteiger partial charge on any atom is -0.452 e. The maximum absolute atomic E-state index is 12.0. The van der Waals surface area contributed by atoms with E-state index >= 15 is 0 Å². The standard InChI is InChI=1S/C18H18N2O5/c1-12-10-15(8-9-16(12)20(23)24)18(22)25-11-17(21)19-13(2)14-6-4-3-5-7-14/h3-10,13H,11H2,1-2H3,(H,19,21)/t13-/m1/s1. The van der Waals surface area contributed by atoms with E-state index in [1.807, 2.05) is 37.3 Å². The van der Waals surface area contributed by atoms with Gasteiger partial charge in [-0.15, -0.1) is 0 Å². The van der Waals surface area contributed by atoms with Crippen molar-refractivity contribution in [2.75, 3.05) is 6.61 Å². The van der Waals surface area contributed by atoms with Gasteiger partial charge in [0.2, 0.25) is 0 Å². The van der Waals surface area contributed by atoms with E-state index < -0.39 is 23.4 Å². The van der Waals surface area contributed by atoms with Gasteiger partial charge in [-0.2, -0.15) is 0 Å². The van der Waals surface area contributed by atoms with Crippen LogP contribution in [0, 0.1) is 17.0 Å². The molecule has 1 amide bonds. The molecule has 0 fully saturated rings. The highest BCUT2D eigenvalue weighted by molar-refractivity contribution is 5.91. The fourth-order valence-corrected chi connectivity index (χ4v) is 2.31. The van der Waals surface area contributed by atoms with E-state index in [4.69, 9.17) is 4.74 Å². The van der Waals surface area contributed by atoms with Gasteiger partial charge in [-0.3, -0.25) is 14.9 Å². The Bertz CT molecular complexity index is 789. The Morgan fingerprint density at radius 1 is 1.20 bits per heavy atom. The lowest BCUT2D eigenvalue weighted by Gasteiger charge is -2.14. The molecule has 1 N–H and O–H groups in total. The summed E-state index contributed by atoms with van der Waals surface area (Å²) >= 11 is 0. The summed E-state index contributed by atoms with van der Waals surface area (Å²) in [6.45, 7) is 2.93. The van der Waals surface area contributed by atoms with Gasteiger partial charge in [0.1, 0.15) is 0 Å². The smallest absolute Gasteiger partial charge is 0.338 e. The Morgan fingerprint density at radius 3 is 2.48 bits per heavy atom. The fraction of sp³-hybridized carbons (Fsp3) is 0.222. The molecule has 0 aliphatic rings. The van der Waals surface area contributed by atoms with Crippen molar-refractivity contribution in [2.24, 2.45) is 0 Å². The van der Waals surface area contributed by atoms with Crippen molar-refractivity contribution in [2.45, 2.75) is 19.9 Å². The summed E-state index contributed by atoms with van der Waals surface area (Å²) in [6.07, 6.45) is 0. The molecule has 0 bridgehead atoms. The third-order valence-corrected chi connectivity index (χ3v) is 3.64. The van der Waals surface area contributed by atoms with Gasteiger partial charge in [0.05, 0.1) is 16.5 Å². The van der Waals surface area contributed by atoms with Crippen LogP contribution in [0.5, 0.6) is 0 Å². The van der Waals surface area contributed by atoms with Crippen LogP contribution in [0.15, 0.2) is 48.5 Å². The summed E-state index contributed by atoms with van der Waals surface area (Å²) in [5.41, 5.74) is 1.37. The van der Waals surface area contributed by atoms with Gasteiger partial charge in [-0.1, -0.05) is 30.3 Å². The van der Waals surface area contributed by atoms with Gasteiger partial charge in [-0.25, -0.2) is 4.79 Å². The maximum atomic E-state index is 12.0. The van der Waals surface area contributed by atoms with Crippen LogP contribution in [-0.4, -0.2) is 23.4 Å². The molecular weight excluding hydrogens is 324 g/mol. The van der Waals surface area contributed by atoms with Gasteiger partial charge in [0.25, 0.3) is 11.6 Å². The second kappa shape index (κ2) is 8.05. The molecular formula is C18H18N2O5. The van der Waals surface area contributed by atoms with Crippen molar-refractivity contribution in [3.05, 3.63) is 75.3 Å². The van der Waals surface area contributed by atoms with E-state index in [0.717, 1.165) is 5.56 Å². The number of nitro benzene ring substituents is 1. The average Bonchev–Trinajstić information content (AvgIpc) is 2.60. The second-order valence-electron chi connectivity index (χ2n) is 5.53. The molecule has 7 nitrogen and oxygen atoms in total. The Morgan fingerprint density at radius 2 is 1.88 bits per heavy atom. The molecule has 0 saturated carbocycles. The van der Waals surface area contributed by atoms with E-state index in [1.54, 1.807) is 0 Å². The minimum atomic E-state index is -0.708. The monoisotopic (exact) mass is 342 g/mol. The zero-order valence-electron chi connectivity index (χ0n) is 13.9. The SMILES string of the molecule is Cc1cc(C(=O)OCC(=O)N[C@H](C)c2ccccc2)ccc1[N+](=O)[O-]. The Labute approximate surface area is 144 Å². The van der Waals surface area contributed by atoms with Crippen LogP contribution in [0.4, 0.5) is 5.69 Å². The number of nitro groups is 1. The number of rotatable bonds is 6. The summed E-state index contributed by atoms with van der Waals surface area (Å²) < 4.78 is 4.96. The summed E-state index contributed by atoms with van der Waals surface area (Å²) in [6, 6.07) is 13.1. The van der Waals surface area contributed by atoms with E-state index in [0.29, 0.717) is 5.56 Å². The predicted octanol–water partition coefficient (Wildman–Crippen LogP) is 2.94. The molecule has 2 rings (SSSR count).